The van der Waals surface area contributed by atoms with Crippen molar-refractivity contribution in [1.82, 2.24) is 5.32 Å². The summed E-state index contributed by atoms with van der Waals surface area (Å²) in [6, 6.07) is 6.29. The second-order valence-corrected chi connectivity index (χ2v) is 7.64. The van der Waals surface area contributed by atoms with E-state index >= 15 is 0 Å². The van der Waals surface area contributed by atoms with Crippen LogP contribution in [0.15, 0.2) is 29.2 Å². The first kappa shape index (κ1) is 19.9. The third-order valence-corrected chi connectivity index (χ3v) is 4.41. The number of benzene rings is 1. The molecule has 0 radical (unpaired) electrons. The van der Waals surface area contributed by atoms with E-state index < -0.39 is 15.3 Å². The number of nitrogens with two attached hydrogens (primary N) is 1. The van der Waals surface area contributed by atoms with Gasteiger partial charge in [0.15, 0.2) is 9.84 Å². The molecule has 0 aliphatic rings. The number of carbonyl (C=O) groups excluding carboxylic acids is 1. The van der Waals surface area contributed by atoms with E-state index in [2.05, 4.69) is 5.32 Å². The largest absolute Gasteiger partial charge is 0.349 e. The minimum absolute atomic E-state index is 0. The molecule has 0 spiro atoms. The van der Waals surface area contributed by atoms with Crippen LogP contribution in [0.25, 0.3) is 0 Å². The lowest BCUT2D eigenvalue weighted by Crippen LogP contribution is -2.42. The Balaban J connectivity index is 0.00000400. The first-order chi connectivity index (χ1) is 9.08. The first-order valence-electron chi connectivity index (χ1n) is 6.39. The fourth-order valence-electron chi connectivity index (χ4n) is 1.57. The summed E-state index contributed by atoms with van der Waals surface area (Å²) < 4.78 is 22.8. The number of rotatable bonds is 5. The van der Waals surface area contributed by atoms with E-state index in [9.17, 15) is 13.2 Å². The summed E-state index contributed by atoms with van der Waals surface area (Å²) in [6.07, 6.45) is 1.16. The van der Waals surface area contributed by atoms with Crippen molar-refractivity contribution in [1.29, 1.82) is 0 Å². The molecule has 0 aliphatic carbocycles. The van der Waals surface area contributed by atoms with Gasteiger partial charge in [-0.1, -0.05) is 12.1 Å². The molecular weight excluding hydrogens is 312 g/mol. The van der Waals surface area contributed by atoms with E-state index in [1.807, 2.05) is 6.92 Å². The number of nitrogens with one attached hydrogen (secondary N) is 1. The van der Waals surface area contributed by atoms with E-state index in [4.69, 9.17) is 5.73 Å². The zero-order valence-electron chi connectivity index (χ0n) is 12.7. The van der Waals surface area contributed by atoms with Gasteiger partial charge in [0.05, 0.1) is 16.4 Å². The van der Waals surface area contributed by atoms with Crippen molar-refractivity contribution in [2.24, 2.45) is 11.1 Å². The summed E-state index contributed by atoms with van der Waals surface area (Å²) in [5.74, 6) is -0.125. The minimum Gasteiger partial charge on any atom is -0.349 e. The third kappa shape index (κ3) is 5.30. The zero-order chi connectivity index (χ0) is 15.6. The van der Waals surface area contributed by atoms with Crippen LogP contribution in [0.4, 0.5) is 0 Å². The zero-order valence-corrected chi connectivity index (χ0v) is 14.3. The lowest BCUT2D eigenvalue weighted by Gasteiger charge is -2.24. The maximum Gasteiger partial charge on any atom is 0.227 e. The monoisotopic (exact) mass is 334 g/mol. The van der Waals surface area contributed by atoms with Crippen molar-refractivity contribution < 1.29 is 13.2 Å². The highest BCUT2D eigenvalue weighted by molar-refractivity contribution is 7.90. The van der Waals surface area contributed by atoms with Crippen LogP contribution < -0.4 is 11.1 Å². The molecule has 5 nitrogen and oxygen atoms in total. The second-order valence-electron chi connectivity index (χ2n) is 5.62. The highest BCUT2D eigenvalue weighted by Crippen LogP contribution is 2.19. The Hall–Kier alpha value is -1.11. The average Bonchev–Trinajstić information content (AvgIpc) is 2.37. The first-order valence-corrected chi connectivity index (χ1v) is 8.28. The number of halogens is 1. The third-order valence-electron chi connectivity index (χ3n) is 3.28. The Morgan fingerprint density at radius 2 is 1.76 bits per heavy atom. The predicted octanol–water partition coefficient (Wildman–Crippen LogP) is 1.67. The van der Waals surface area contributed by atoms with Crippen LogP contribution in [0.1, 0.15) is 32.4 Å². The molecule has 1 amide bonds. The molecule has 120 valence electrons. The molecule has 0 saturated carbocycles. The van der Waals surface area contributed by atoms with Crippen LogP contribution in [0, 0.1) is 5.41 Å². The standard InChI is InChI=1S/C14H22N2O3S.ClH/c1-10(16-13(17)14(2,3)9-15)11-5-7-12(8-6-11)20(4,18)19;/h5-8,10H,9,15H2,1-4H3,(H,16,17);1H. The number of carbonyl (C=O) groups is 1. The Bertz CT molecular complexity index is 583. The Labute approximate surface area is 132 Å². The van der Waals surface area contributed by atoms with Gasteiger partial charge in [-0.3, -0.25) is 4.79 Å². The van der Waals surface area contributed by atoms with Crippen LogP contribution in [-0.4, -0.2) is 27.1 Å². The van der Waals surface area contributed by atoms with Gasteiger partial charge in [0.25, 0.3) is 0 Å². The summed E-state index contributed by atoms with van der Waals surface area (Å²) in [7, 11) is -3.20. The Kier molecular flexibility index (Phi) is 6.86. The maximum atomic E-state index is 12.0. The van der Waals surface area contributed by atoms with E-state index in [0.29, 0.717) is 0 Å². The summed E-state index contributed by atoms with van der Waals surface area (Å²) in [5.41, 5.74) is 5.78. The Morgan fingerprint density at radius 1 is 1.29 bits per heavy atom. The minimum atomic E-state index is -3.20. The van der Waals surface area contributed by atoms with Crippen LogP contribution in [0.3, 0.4) is 0 Å². The summed E-state index contributed by atoms with van der Waals surface area (Å²) in [4.78, 5) is 12.3. The van der Waals surface area contributed by atoms with E-state index in [1.165, 1.54) is 0 Å². The lowest BCUT2D eigenvalue weighted by atomic mass is 9.92. The molecule has 0 bridgehead atoms. The van der Waals surface area contributed by atoms with Crippen LogP contribution in [0.5, 0.6) is 0 Å². The molecule has 7 heteroatoms. The number of hydrogen-bond donors (Lipinski definition) is 2. The van der Waals surface area contributed by atoms with Crippen molar-refractivity contribution in [3.8, 4) is 0 Å². The van der Waals surface area contributed by atoms with Crippen molar-refractivity contribution in [3.63, 3.8) is 0 Å². The molecule has 0 fully saturated rings. The Morgan fingerprint density at radius 3 is 2.14 bits per heavy atom. The molecule has 0 heterocycles. The highest BCUT2D eigenvalue weighted by Gasteiger charge is 2.27. The number of sulfone groups is 1. The summed E-state index contributed by atoms with van der Waals surface area (Å²) in [6.45, 7) is 5.67. The summed E-state index contributed by atoms with van der Waals surface area (Å²) in [5, 5.41) is 2.88. The SMILES string of the molecule is CC(NC(=O)C(C)(C)CN)c1ccc(S(C)(=O)=O)cc1.Cl. The molecule has 1 aromatic rings. The highest BCUT2D eigenvalue weighted by atomic mass is 35.5. The van der Waals surface area contributed by atoms with E-state index in [1.54, 1.807) is 38.1 Å². The van der Waals surface area contributed by atoms with Gasteiger partial charge in [-0.2, -0.15) is 0 Å². The van der Waals surface area contributed by atoms with Gasteiger partial charge in [0, 0.05) is 12.8 Å². The fourth-order valence-corrected chi connectivity index (χ4v) is 2.20. The number of amides is 1. The van der Waals surface area contributed by atoms with Crippen LogP contribution >= 0.6 is 12.4 Å². The van der Waals surface area contributed by atoms with Gasteiger partial charge in [0.1, 0.15) is 0 Å². The van der Waals surface area contributed by atoms with Crippen molar-refractivity contribution >= 4 is 28.2 Å². The van der Waals surface area contributed by atoms with Gasteiger partial charge in [-0.15, -0.1) is 12.4 Å². The van der Waals surface area contributed by atoms with E-state index in [-0.39, 0.29) is 35.8 Å². The van der Waals surface area contributed by atoms with Crippen LogP contribution in [-0.2, 0) is 14.6 Å². The van der Waals surface area contributed by atoms with Gasteiger partial charge in [-0.25, -0.2) is 8.42 Å². The van der Waals surface area contributed by atoms with Crippen molar-refractivity contribution in [3.05, 3.63) is 29.8 Å². The van der Waals surface area contributed by atoms with Gasteiger partial charge in [-0.05, 0) is 38.5 Å². The molecule has 0 aliphatic heterocycles. The molecule has 1 unspecified atom stereocenters. The second kappa shape index (κ2) is 7.24. The molecular formula is C14H23ClN2O3S. The topological polar surface area (TPSA) is 89.3 Å². The molecule has 1 aromatic carbocycles. The maximum absolute atomic E-state index is 12.0. The molecule has 3 N–H and O–H groups in total. The number of hydrogen-bond acceptors (Lipinski definition) is 4. The van der Waals surface area contributed by atoms with Crippen molar-refractivity contribution in [2.75, 3.05) is 12.8 Å². The molecule has 0 aromatic heterocycles. The smallest absolute Gasteiger partial charge is 0.227 e. The fraction of sp³-hybridized carbons (Fsp3) is 0.500. The van der Waals surface area contributed by atoms with Gasteiger partial charge >= 0.3 is 0 Å². The molecule has 1 rings (SSSR count). The lowest BCUT2D eigenvalue weighted by molar-refractivity contribution is -0.129. The normalized spacial score (nSPS) is 13.2. The quantitative estimate of drug-likeness (QED) is 0.857. The molecule has 1 atom stereocenters. The molecule has 21 heavy (non-hydrogen) atoms. The van der Waals surface area contributed by atoms with Crippen LogP contribution in [0.2, 0.25) is 0 Å². The average molecular weight is 335 g/mol. The van der Waals surface area contributed by atoms with Crippen molar-refractivity contribution in [2.45, 2.75) is 31.7 Å². The van der Waals surface area contributed by atoms with E-state index in [0.717, 1.165) is 11.8 Å². The molecule has 0 saturated heterocycles. The van der Waals surface area contributed by atoms with Gasteiger partial charge < -0.3 is 11.1 Å². The summed E-state index contributed by atoms with van der Waals surface area (Å²) >= 11 is 0. The van der Waals surface area contributed by atoms with Gasteiger partial charge in [0.2, 0.25) is 5.91 Å². The predicted molar refractivity (Wildman–Crippen MR) is 86.2 cm³/mol.